The van der Waals surface area contributed by atoms with Crippen LogP contribution in [0, 0.1) is 0 Å². The van der Waals surface area contributed by atoms with E-state index in [9.17, 15) is 4.79 Å². The number of thioether (sulfide) groups is 1. The molecule has 1 N–H and O–H groups in total. The number of hydrogen-bond donors (Lipinski definition) is 1. The molecule has 24 heavy (non-hydrogen) atoms. The number of hydrogen-bond acceptors (Lipinski definition) is 6. The first-order valence-corrected chi connectivity index (χ1v) is 8.86. The van der Waals surface area contributed by atoms with Gasteiger partial charge in [0.1, 0.15) is 0 Å². The lowest BCUT2D eigenvalue weighted by atomic mass is 10.2. The van der Waals surface area contributed by atoms with Gasteiger partial charge in [0.05, 0.1) is 0 Å². The highest BCUT2D eigenvalue weighted by Crippen LogP contribution is 2.26. The largest absolute Gasteiger partial charge is 0.444 e. The third-order valence-corrected chi connectivity index (χ3v) is 4.32. The minimum atomic E-state index is -0.308. The summed E-state index contributed by atoms with van der Waals surface area (Å²) in [6.45, 7) is 4.20. The van der Waals surface area contributed by atoms with E-state index in [0.717, 1.165) is 4.90 Å². The summed E-state index contributed by atoms with van der Waals surface area (Å²) in [5.41, 5.74) is 0.529. The molecule has 3 aromatic rings. The van der Waals surface area contributed by atoms with Gasteiger partial charge in [0.2, 0.25) is 0 Å². The monoisotopic (exact) mass is 407 g/mol. The summed E-state index contributed by atoms with van der Waals surface area (Å²) in [4.78, 5) is 13.4. The van der Waals surface area contributed by atoms with Crippen molar-refractivity contribution in [1.82, 2.24) is 10.2 Å². The number of aromatic nitrogens is 2. The first-order valence-electron chi connectivity index (χ1n) is 7.18. The normalized spacial score (nSPS) is 11.0. The molecule has 0 unspecified atom stereocenters. The lowest BCUT2D eigenvalue weighted by molar-refractivity contribution is 0.102. The zero-order valence-electron chi connectivity index (χ0n) is 12.9. The standard InChI is InChI=1S/C16H14BrN3O3S/c1-9(2)24-11-5-3-4-10(8-11)14(21)18-16-20-19-15(23-16)12-6-7-13(17)22-12/h3-9H,1-2H3,(H,18,20,21). The molecule has 0 aliphatic carbocycles. The smallest absolute Gasteiger partial charge is 0.322 e. The number of rotatable bonds is 5. The summed E-state index contributed by atoms with van der Waals surface area (Å²) in [5.74, 6) is 0.308. The summed E-state index contributed by atoms with van der Waals surface area (Å²) in [7, 11) is 0. The molecule has 0 aliphatic heterocycles. The van der Waals surface area contributed by atoms with Gasteiger partial charge in [-0.2, -0.15) is 0 Å². The Morgan fingerprint density at radius 2 is 2.04 bits per heavy atom. The predicted octanol–water partition coefficient (Wildman–Crippen LogP) is 4.84. The third kappa shape index (κ3) is 4.07. The highest BCUT2D eigenvalue weighted by atomic mass is 79.9. The molecule has 6 nitrogen and oxygen atoms in total. The van der Waals surface area contributed by atoms with Crippen molar-refractivity contribution in [2.45, 2.75) is 24.0 Å². The maximum atomic E-state index is 12.3. The highest BCUT2D eigenvalue weighted by Gasteiger charge is 2.15. The van der Waals surface area contributed by atoms with E-state index in [1.807, 2.05) is 18.2 Å². The Labute approximate surface area is 151 Å². The minimum Gasteiger partial charge on any atom is -0.444 e. The maximum absolute atomic E-state index is 12.3. The van der Waals surface area contributed by atoms with Crippen molar-refractivity contribution in [2.24, 2.45) is 0 Å². The van der Waals surface area contributed by atoms with E-state index in [-0.39, 0.29) is 17.8 Å². The van der Waals surface area contributed by atoms with Crippen molar-refractivity contribution in [3.63, 3.8) is 0 Å². The molecular weight excluding hydrogens is 394 g/mol. The summed E-state index contributed by atoms with van der Waals surface area (Å²) in [6, 6.07) is 10.8. The maximum Gasteiger partial charge on any atom is 0.322 e. The summed E-state index contributed by atoms with van der Waals surface area (Å²) in [5, 5.41) is 10.7. The molecule has 1 aromatic carbocycles. The highest BCUT2D eigenvalue weighted by molar-refractivity contribution is 9.10. The number of halogens is 1. The van der Waals surface area contributed by atoms with Crippen LogP contribution in [0.2, 0.25) is 0 Å². The average Bonchev–Trinajstić information content (AvgIpc) is 3.16. The molecule has 0 aliphatic rings. The van der Waals surface area contributed by atoms with Crippen molar-refractivity contribution in [3.8, 4) is 11.7 Å². The average molecular weight is 408 g/mol. The molecule has 124 valence electrons. The molecule has 0 spiro atoms. The van der Waals surface area contributed by atoms with Crippen molar-refractivity contribution < 1.29 is 13.6 Å². The van der Waals surface area contributed by atoms with Gasteiger partial charge < -0.3 is 8.83 Å². The fourth-order valence-corrected chi connectivity index (χ4v) is 3.16. The zero-order valence-corrected chi connectivity index (χ0v) is 15.3. The van der Waals surface area contributed by atoms with Crippen LogP contribution in [0.4, 0.5) is 6.01 Å². The number of nitrogens with one attached hydrogen (secondary N) is 1. The Balaban J connectivity index is 1.72. The van der Waals surface area contributed by atoms with Crippen molar-refractivity contribution >= 4 is 39.6 Å². The molecule has 3 rings (SSSR count). The van der Waals surface area contributed by atoms with Crippen LogP contribution in [-0.4, -0.2) is 21.4 Å². The number of amides is 1. The first-order chi connectivity index (χ1) is 11.5. The zero-order chi connectivity index (χ0) is 17.1. The SMILES string of the molecule is CC(C)Sc1cccc(C(=O)Nc2nnc(-c3ccc(Br)o3)o2)c1. The fraction of sp³-hybridized carbons (Fsp3) is 0.188. The van der Waals surface area contributed by atoms with Crippen LogP contribution in [0.15, 0.2) is 54.8 Å². The summed E-state index contributed by atoms with van der Waals surface area (Å²) < 4.78 is 11.3. The first kappa shape index (κ1) is 16.8. The van der Waals surface area contributed by atoms with E-state index in [2.05, 4.69) is 45.3 Å². The van der Waals surface area contributed by atoms with Crippen LogP contribution < -0.4 is 5.32 Å². The minimum absolute atomic E-state index is 0.0180. The predicted molar refractivity (Wildman–Crippen MR) is 95.1 cm³/mol. The van der Waals surface area contributed by atoms with Gasteiger partial charge in [0.25, 0.3) is 11.8 Å². The molecular formula is C16H14BrN3O3S. The molecule has 0 saturated carbocycles. The second kappa shape index (κ2) is 7.23. The molecule has 0 radical (unpaired) electrons. The van der Waals surface area contributed by atoms with Crippen LogP contribution in [0.5, 0.6) is 0 Å². The van der Waals surface area contributed by atoms with Crippen molar-refractivity contribution in [2.75, 3.05) is 5.32 Å². The lowest BCUT2D eigenvalue weighted by Gasteiger charge is -2.06. The van der Waals surface area contributed by atoms with Gasteiger partial charge in [0, 0.05) is 15.7 Å². The van der Waals surface area contributed by atoms with Gasteiger partial charge in [-0.25, -0.2) is 0 Å². The van der Waals surface area contributed by atoms with Crippen LogP contribution in [0.25, 0.3) is 11.7 Å². The molecule has 0 fully saturated rings. The van der Waals surface area contributed by atoms with Gasteiger partial charge in [-0.15, -0.1) is 16.9 Å². The third-order valence-electron chi connectivity index (χ3n) is 2.90. The van der Waals surface area contributed by atoms with Crippen LogP contribution >= 0.6 is 27.7 Å². The fourth-order valence-electron chi connectivity index (χ4n) is 1.95. The molecule has 0 saturated heterocycles. The van der Waals surface area contributed by atoms with E-state index < -0.39 is 0 Å². The second-order valence-electron chi connectivity index (χ2n) is 5.16. The number of carbonyl (C=O) groups excluding carboxylic acids is 1. The Morgan fingerprint density at radius 1 is 1.21 bits per heavy atom. The van der Waals surface area contributed by atoms with Gasteiger partial charge in [-0.1, -0.05) is 25.0 Å². The quantitative estimate of drug-likeness (QED) is 0.609. The van der Waals surface area contributed by atoms with Gasteiger partial charge >= 0.3 is 6.01 Å². The molecule has 2 heterocycles. The molecule has 0 atom stereocenters. The number of carbonyl (C=O) groups is 1. The van der Waals surface area contributed by atoms with E-state index >= 15 is 0 Å². The van der Waals surface area contributed by atoms with Gasteiger partial charge in [0.15, 0.2) is 10.4 Å². The molecule has 8 heteroatoms. The topological polar surface area (TPSA) is 81.2 Å². The second-order valence-corrected chi connectivity index (χ2v) is 7.60. The van der Waals surface area contributed by atoms with E-state index in [1.165, 1.54) is 0 Å². The van der Waals surface area contributed by atoms with E-state index in [0.29, 0.717) is 21.2 Å². The van der Waals surface area contributed by atoms with Gasteiger partial charge in [-0.3, -0.25) is 10.1 Å². The van der Waals surface area contributed by atoms with E-state index in [4.69, 9.17) is 8.83 Å². The van der Waals surface area contributed by atoms with Crippen LogP contribution in [-0.2, 0) is 0 Å². The molecule has 0 bridgehead atoms. The van der Waals surface area contributed by atoms with Gasteiger partial charge in [-0.05, 0) is 46.3 Å². The number of nitrogens with zero attached hydrogens (tertiary/aromatic N) is 2. The van der Waals surface area contributed by atoms with Crippen LogP contribution in [0.3, 0.4) is 0 Å². The Bertz CT molecular complexity index is 860. The molecule has 1 amide bonds. The lowest BCUT2D eigenvalue weighted by Crippen LogP contribution is -2.12. The number of benzene rings is 1. The molecule has 2 aromatic heterocycles. The van der Waals surface area contributed by atoms with Crippen LogP contribution in [0.1, 0.15) is 24.2 Å². The number of furan rings is 1. The number of anilines is 1. The Hall–Kier alpha value is -2.06. The summed E-state index contributed by atoms with van der Waals surface area (Å²) >= 11 is 4.89. The Morgan fingerprint density at radius 3 is 2.75 bits per heavy atom. The Kier molecular flexibility index (Phi) is 5.06. The van der Waals surface area contributed by atoms with E-state index in [1.54, 1.807) is 30.0 Å². The summed E-state index contributed by atoms with van der Waals surface area (Å²) in [6.07, 6.45) is 0. The van der Waals surface area contributed by atoms with Crippen molar-refractivity contribution in [1.29, 1.82) is 0 Å². The van der Waals surface area contributed by atoms with Crippen molar-refractivity contribution in [3.05, 3.63) is 46.6 Å².